The van der Waals surface area contributed by atoms with Crippen molar-refractivity contribution in [2.24, 2.45) is 22.7 Å². The molecule has 0 unspecified atom stereocenters. The SMILES string of the molecule is COC(=O)N([C@@H]1CCCCCN1C(=O)C(C#N)=CC(C)(C)C)[C@@H](Cc1ccc(C)cc1)B1O[C@@H]2C[C@@H]3C[C@@H](C3(C)C)[C@]2(C)O1. The summed E-state index contributed by atoms with van der Waals surface area (Å²) in [6, 6.07) is 10.5. The van der Waals surface area contributed by atoms with Gasteiger partial charge in [0, 0.05) is 6.54 Å². The summed E-state index contributed by atoms with van der Waals surface area (Å²) in [5.41, 5.74) is 1.65. The van der Waals surface area contributed by atoms with Crippen LogP contribution >= 0.6 is 0 Å². The van der Waals surface area contributed by atoms with Crippen LogP contribution in [-0.2, 0) is 25.3 Å². The van der Waals surface area contributed by atoms with Gasteiger partial charge in [0.1, 0.15) is 17.8 Å². The maximum atomic E-state index is 14.1. The quantitative estimate of drug-likeness (QED) is 0.210. The highest BCUT2D eigenvalue weighted by atomic mass is 16.7. The predicted molar refractivity (Wildman–Crippen MR) is 170 cm³/mol. The molecule has 3 saturated carbocycles. The van der Waals surface area contributed by atoms with Crippen LogP contribution in [0, 0.1) is 40.9 Å². The summed E-state index contributed by atoms with van der Waals surface area (Å²) in [6.07, 6.45) is 6.20. The van der Waals surface area contributed by atoms with Crippen molar-refractivity contribution in [3.63, 3.8) is 0 Å². The summed E-state index contributed by atoms with van der Waals surface area (Å²) in [7, 11) is 0.692. The van der Waals surface area contributed by atoms with Crippen LogP contribution in [-0.4, -0.2) is 66.4 Å². The largest absolute Gasteiger partial charge is 0.482 e. The van der Waals surface area contributed by atoms with Crippen LogP contribution < -0.4 is 0 Å². The molecule has 238 valence electrons. The fourth-order valence-electron chi connectivity index (χ4n) is 8.28. The molecule has 2 bridgehead atoms. The summed E-state index contributed by atoms with van der Waals surface area (Å²) < 4.78 is 19.3. The summed E-state index contributed by atoms with van der Waals surface area (Å²) in [6.45, 7) is 15.3. The standard InChI is InChI=1S/C35H50BN3O5/c1-23-13-15-24(16-14-23)18-29(36-43-28-20-26-19-27(34(26,5)6)35(28,7)44-36)39(32(41)42-8)30-12-10-9-11-17-38(30)31(40)25(22-37)21-33(2,3)4/h13-16,21,26-30H,9-12,17-20H2,1-8H3/t26-,27-,28+,29-,30+,35-/m0/s1. The Labute approximate surface area is 264 Å². The number of nitrogens with zero attached hydrogens (tertiary/aromatic N) is 3. The number of amides is 2. The van der Waals surface area contributed by atoms with E-state index in [9.17, 15) is 14.9 Å². The molecule has 0 spiro atoms. The minimum Gasteiger partial charge on any atom is -0.453 e. The fourth-order valence-corrected chi connectivity index (χ4v) is 8.28. The van der Waals surface area contributed by atoms with Gasteiger partial charge in [-0.1, -0.05) is 76.9 Å². The van der Waals surface area contributed by atoms with Gasteiger partial charge in [0.05, 0.1) is 24.8 Å². The second kappa shape index (κ2) is 12.2. The van der Waals surface area contributed by atoms with E-state index in [4.69, 9.17) is 14.0 Å². The molecule has 0 radical (unpaired) electrons. The monoisotopic (exact) mass is 603 g/mol. The predicted octanol–water partition coefficient (Wildman–Crippen LogP) is 6.47. The van der Waals surface area contributed by atoms with Crippen molar-refractivity contribution < 1.29 is 23.6 Å². The Kier molecular flexibility index (Phi) is 9.01. The first-order valence-electron chi connectivity index (χ1n) is 16.4. The van der Waals surface area contributed by atoms with Crippen LogP contribution in [0.1, 0.15) is 91.2 Å². The molecule has 8 nitrogen and oxygen atoms in total. The average molecular weight is 604 g/mol. The van der Waals surface area contributed by atoms with Crippen molar-refractivity contribution in [1.82, 2.24) is 9.80 Å². The second-order valence-electron chi connectivity index (χ2n) is 15.3. The number of aryl methyl sites for hydroxylation is 1. The van der Waals surface area contributed by atoms with E-state index in [1.54, 1.807) is 15.9 Å². The van der Waals surface area contributed by atoms with E-state index < -0.39 is 30.9 Å². The number of likely N-dealkylation sites (tertiary alicyclic amines) is 1. The number of carbonyl (C=O) groups excluding carboxylic acids is 2. The number of nitriles is 1. The van der Waals surface area contributed by atoms with E-state index in [1.807, 2.05) is 20.8 Å². The molecular formula is C35H50BN3O5. The minimum absolute atomic E-state index is 0.0592. The molecule has 0 aromatic heterocycles. The van der Waals surface area contributed by atoms with Crippen LogP contribution in [0.4, 0.5) is 4.79 Å². The highest BCUT2D eigenvalue weighted by molar-refractivity contribution is 6.48. The van der Waals surface area contributed by atoms with Crippen molar-refractivity contribution >= 4 is 19.1 Å². The molecule has 5 fully saturated rings. The van der Waals surface area contributed by atoms with E-state index in [-0.39, 0.29) is 28.4 Å². The molecule has 5 aliphatic rings. The zero-order valence-corrected chi connectivity index (χ0v) is 27.9. The zero-order chi connectivity index (χ0) is 32.0. The number of ether oxygens (including phenoxy) is 1. The maximum Gasteiger partial charge on any atom is 0.482 e. The molecule has 44 heavy (non-hydrogen) atoms. The minimum atomic E-state index is -0.693. The Balaban J connectivity index is 1.56. The highest BCUT2D eigenvalue weighted by Gasteiger charge is 2.69. The van der Waals surface area contributed by atoms with E-state index in [0.29, 0.717) is 31.2 Å². The Bertz CT molecular complexity index is 1310. The first-order chi connectivity index (χ1) is 20.7. The van der Waals surface area contributed by atoms with E-state index in [1.165, 1.54) is 7.11 Å². The van der Waals surface area contributed by atoms with Crippen molar-refractivity contribution in [3.05, 3.63) is 47.0 Å². The molecular weight excluding hydrogens is 553 g/mol. The first-order valence-corrected chi connectivity index (χ1v) is 16.4. The maximum absolute atomic E-state index is 14.1. The molecule has 3 aliphatic carbocycles. The number of rotatable bonds is 6. The Hall–Kier alpha value is -2.83. The van der Waals surface area contributed by atoms with Gasteiger partial charge in [-0.05, 0) is 80.6 Å². The molecule has 2 saturated heterocycles. The summed E-state index contributed by atoms with van der Waals surface area (Å²) >= 11 is 0. The molecule has 0 N–H and O–H groups in total. The Morgan fingerprint density at radius 3 is 2.50 bits per heavy atom. The molecule has 2 amide bonds. The third-order valence-electron chi connectivity index (χ3n) is 10.8. The number of carbonyl (C=O) groups is 2. The van der Waals surface area contributed by atoms with Crippen LogP contribution in [0.25, 0.3) is 0 Å². The third kappa shape index (κ3) is 6.05. The van der Waals surface area contributed by atoms with Gasteiger partial charge in [-0.25, -0.2) is 4.79 Å². The molecule has 2 heterocycles. The van der Waals surface area contributed by atoms with Crippen LogP contribution in [0.5, 0.6) is 0 Å². The van der Waals surface area contributed by atoms with Crippen LogP contribution in [0.2, 0.25) is 0 Å². The van der Waals surface area contributed by atoms with Crippen LogP contribution in [0.15, 0.2) is 35.9 Å². The third-order valence-corrected chi connectivity index (χ3v) is 10.8. The summed E-state index contributed by atoms with van der Waals surface area (Å²) in [5, 5.41) is 10.0. The van der Waals surface area contributed by atoms with Crippen molar-refractivity contribution in [2.45, 2.75) is 117 Å². The van der Waals surface area contributed by atoms with Gasteiger partial charge in [0.15, 0.2) is 0 Å². The van der Waals surface area contributed by atoms with Gasteiger partial charge in [0.25, 0.3) is 5.91 Å². The first kappa shape index (κ1) is 32.6. The van der Waals surface area contributed by atoms with E-state index in [0.717, 1.165) is 43.2 Å². The lowest BCUT2D eigenvalue weighted by atomic mass is 9.43. The van der Waals surface area contributed by atoms with Gasteiger partial charge in [-0.3, -0.25) is 9.69 Å². The summed E-state index contributed by atoms with van der Waals surface area (Å²) in [5.74, 6) is 0.0541. The van der Waals surface area contributed by atoms with Gasteiger partial charge < -0.3 is 18.9 Å². The summed E-state index contributed by atoms with van der Waals surface area (Å²) in [4.78, 5) is 31.5. The highest BCUT2D eigenvalue weighted by Crippen LogP contribution is 2.66. The second-order valence-corrected chi connectivity index (χ2v) is 15.3. The lowest BCUT2D eigenvalue weighted by molar-refractivity contribution is -0.199. The van der Waals surface area contributed by atoms with Gasteiger partial charge in [-0.2, -0.15) is 5.26 Å². The number of hydrogen-bond donors (Lipinski definition) is 0. The van der Waals surface area contributed by atoms with Gasteiger partial charge in [0.2, 0.25) is 0 Å². The van der Waals surface area contributed by atoms with E-state index in [2.05, 4.69) is 58.0 Å². The van der Waals surface area contributed by atoms with Crippen LogP contribution in [0.3, 0.4) is 0 Å². The molecule has 6 rings (SSSR count). The molecule has 6 atom stereocenters. The van der Waals surface area contributed by atoms with E-state index >= 15 is 0 Å². The van der Waals surface area contributed by atoms with Gasteiger partial charge in [-0.15, -0.1) is 0 Å². The zero-order valence-electron chi connectivity index (χ0n) is 27.9. The molecule has 2 aliphatic heterocycles. The Morgan fingerprint density at radius 1 is 1.18 bits per heavy atom. The van der Waals surface area contributed by atoms with Crippen molar-refractivity contribution in [3.8, 4) is 6.07 Å². The number of hydrogen-bond acceptors (Lipinski definition) is 6. The number of allylic oxidation sites excluding steroid dienone is 1. The molecule has 1 aromatic rings. The lowest BCUT2D eigenvalue weighted by Crippen LogP contribution is -2.65. The molecule has 9 heteroatoms. The van der Waals surface area contributed by atoms with Crippen molar-refractivity contribution in [2.75, 3.05) is 13.7 Å². The average Bonchev–Trinajstić information content (AvgIpc) is 3.15. The smallest absolute Gasteiger partial charge is 0.453 e. The fraction of sp³-hybridized carbons (Fsp3) is 0.686. The molecule has 1 aromatic carbocycles. The van der Waals surface area contributed by atoms with Crippen molar-refractivity contribution in [1.29, 1.82) is 5.26 Å². The lowest BCUT2D eigenvalue weighted by Gasteiger charge is -2.64. The van der Waals surface area contributed by atoms with Gasteiger partial charge >= 0.3 is 13.2 Å². The number of benzene rings is 1. The Morgan fingerprint density at radius 2 is 1.89 bits per heavy atom. The normalized spacial score (nSPS) is 30.4. The number of methoxy groups -OCH3 is 1. The topological polar surface area (TPSA) is 92.1 Å².